The Kier molecular flexibility index (Phi) is 5.73. The molecule has 1 saturated carbocycles. The first-order valence-corrected chi connectivity index (χ1v) is 13.2. The molecule has 0 bridgehead atoms. The van der Waals surface area contributed by atoms with Crippen LogP contribution in [0.2, 0.25) is 0 Å². The topological polar surface area (TPSA) is 102 Å². The molecule has 0 aliphatic heterocycles. The minimum Gasteiger partial charge on any atom is -0.397 e. The highest BCUT2D eigenvalue weighted by Gasteiger charge is 2.47. The van der Waals surface area contributed by atoms with E-state index in [1.54, 1.807) is 6.20 Å². The van der Waals surface area contributed by atoms with Gasteiger partial charge in [-0.15, -0.1) is 0 Å². The number of fused-ring (bicyclic) bond motifs is 1. The number of nitrogens with zero attached hydrogens (tertiary/aromatic N) is 1. The van der Waals surface area contributed by atoms with Gasteiger partial charge in [-0.2, -0.15) is 0 Å². The predicted molar refractivity (Wildman–Crippen MR) is 133 cm³/mol. The van der Waals surface area contributed by atoms with Gasteiger partial charge in [-0.3, -0.25) is 9.78 Å². The molecule has 6 nitrogen and oxygen atoms in total. The van der Waals surface area contributed by atoms with Crippen LogP contribution in [0.3, 0.4) is 0 Å². The van der Waals surface area contributed by atoms with Gasteiger partial charge in [0.25, 0.3) is 5.91 Å². The Balaban J connectivity index is 1.55. The molecule has 33 heavy (non-hydrogen) atoms. The van der Waals surface area contributed by atoms with Crippen molar-refractivity contribution in [2.45, 2.75) is 51.0 Å². The second-order valence-corrected chi connectivity index (χ2v) is 12.5. The number of benzene rings is 2. The van der Waals surface area contributed by atoms with E-state index in [1.165, 1.54) is 11.8 Å². The van der Waals surface area contributed by atoms with Crippen LogP contribution in [0, 0.1) is 0 Å². The van der Waals surface area contributed by atoms with Crippen molar-refractivity contribution in [2.75, 3.05) is 17.7 Å². The largest absolute Gasteiger partial charge is 0.397 e. The molecule has 3 aromatic rings. The molecule has 1 aromatic heterocycles. The number of carbonyl (C=O) groups excluding carboxylic acids is 1. The molecule has 0 saturated heterocycles. The fourth-order valence-corrected chi connectivity index (χ4v) is 4.59. The second-order valence-electron chi connectivity index (χ2n) is 10.2. The standard InChI is InChI=1S/C26H31N3O3S/c1-25(2,3)21-8-7-17-13-20(6-5-18(17)14-21)24(30)29-26(10-11-26)23-15-19(22(27)16-28-23)9-12-33(4,31)32/h5-8,13-16H,9-12,27H2,1-4H3,(H,29,30). The molecular formula is C26H31N3O3S. The zero-order chi connectivity index (χ0) is 24.0. The van der Waals surface area contributed by atoms with Crippen molar-refractivity contribution in [3.05, 3.63) is 71.0 Å². The first-order valence-electron chi connectivity index (χ1n) is 11.2. The Labute approximate surface area is 195 Å². The van der Waals surface area contributed by atoms with E-state index in [4.69, 9.17) is 5.73 Å². The van der Waals surface area contributed by atoms with Crippen molar-refractivity contribution >= 4 is 32.2 Å². The maximum atomic E-state index is 13.1. The molecule has 1 fully saturated rings. The highest BCUT2D eigenvalue weighted by molar-refractivity contribution is 7.90. The maximum Gasteiger partial charge on any atom is 0.252 e. The number of nitrogens with one attached hydrogen (secondary N) is 1. The number of carbonyl (C=O) groups is 1. The molecule has 4 rings (SSSR count). The first kappa shape index (κ1) is 23.2. The summed E-state index contributed by atoms with van der Waals surface area (Å²) in [6, 6.07) is 14.0. The molecule has 7 heteroatoms. The van der Waals surface area contributed by atoms with Gasteiger partial charge in [-0.1, -0.05) is 45.0 Å². The zero-order valence-corrected chi connectivity index (χ0v) is 20.4. The molecule has 0 atom stereocenters. The summed E-state index contributed by atoms with van der Waals surface area (Å²) in [5.41, 5.74) is 9.34. The number of aromatic nitrogens is 1. The molecule has 174 valence electrons. The number of amides is 1. The summed E-state index contributed by atoms with van der Waals surface area (Å²) >= 11 is 0. The molecule has 2 aromatic carbocycles. The number of anilines is 1. The lowest BCUT2D eigenvalue weighted by Crippen LogP contribution is -2.35. The maximum absolute atomic E-state index is 13.1. The van der Waals surface area contributed by atoms with Crippen LogP contribution in [0.1, 0.15) is 60.8 Å². The van der Waals surface area contributed by atoms with Crippen molar-refractivity contribution in [1.82, 2.24) is 10.3 Å². The van der Waals surface area contributed by atoms with Gasteiger partial charge in [-0.25, -0.2) is 8.42 Å². The van der Waals surface area contributed by atoms with Crippen LogP contribution in [0.4, 0.5) is 5.69 Å². The Morgan fingerprint density at radius 2 is 1.76 bits per heavy atom. The van der Waals surface area contributed by atoms with Crippen molar-refractivity contribution < 1.29 is 13.2 Å². The van der Waals surface area contributed by atoms with E-state index in [2.05, 4.69) is 49.3 Å². The van der Waals surface area contributed by atoms with E-state index in [0.717, 1.165) is 34.9 Å². The molecule has 0 radical (unpaired) electrons. The van der Waals surface area contributed by atoms with E-state index in [-0.39, 0.29) is 17.1 Å². The van der Waals surface area contributed by atoms with Gasteiger partial charge in [0.05, 0.1) is 28.9 Å². The lowest BCUT2D eigenvalue weighted by atomic mass is 9.86. The molecule has 1 amide bonds. The Morgan fingerprint density at radius 3 is 2.39 bits per heavy atom. The molecule has 1 aliphatic rings. The summed E-state index contributed by atoms with van der Waals surface area (Å²) in [5.74, 6) is -0.126. The summed E-state index contributed by atoms with van der Waals surface area (Å²) in [6.45, 7) is 6.55. The third-order valence-corrected chi connectivity index (χ3v) is 7.27. The fourth-order valence-electron chi connectivity index (χ4n) is 3.99. The van der Waals surface area contributed by atoms with Crippen LogP contribution < -0.4 is 11.1 Å². The van der Waals surface area contributed by atoms with Crippen LogP contribution in [-0.2, 0) is 27.2 Å². The van der Waals surface area contributed by atoms with E-state index < -0.39 is 15.4 Å². The SMILES string of the molecule is CC(C)(C)c1ccc2cc(C(=O)NC3(c4cc(CCS(C)(=O)=O)c(N)cn4)CC3)ccc2c1. The quantitative estimate of drug-likeness (QED) is 0.570. The zero-order valence-electron chi connectivity index (χ0n) is 19.6. The average molecular weight is 466 g/mol. The van der Waals surface area contributed by atoms with Gasteiger partial charge in [0.15, 0.2) is 0 Å². The van der Waals surface area contributed by atoms with Gasteiger partial charge in [0, 0.05) is 11.8 Å². The van der Waals surface area contributed by atoms with Crippen LogP contribution in [-0.4, -0.2) is 31.3 Å². The van der Waals surface area contributed by atoms with Crippen molar-refractivity contribution in [3.63, 3.8) is 0 Å². The lowest BCUT2D eigenvalue weighted by Gasteiger charge is -2.20. The Bertz CT molecular complexity index is 1340. The average Bonchev–Trinajstić information content (AvgIpc) is 3.51. The number of aryl methyl sites for hydroxylation is 1. The van der Waals surface area contributed by atoms with E-state index in [9.17, 15) is 13.2 Å². The van der Waals surface area contributed by atoms with E-state index >= 15 is 0 Å². The highest BCUT2D eigenvalue weighted by Crippen LogP contribution is 2.45. The van der Waals surface area contributed by atoms with Crippen LogP contribution in [0.15, 0.2) is 48.7 Å². The third kappa shape index (κ3) is 5.19. The number of hydrogen-bond donors (Lipinski definition) is 2. The highest BCUT2D eigenvalue weighted by atomic mass is 32.2. The molecular weight excluding hydrogens is 434 g/mol. The minimum atomic E-state index is -3.10. The number of nitrogens with two attached hydrogens (primary N) is 1. The smallest absolute Gasteiger partial charge is 0.252 e. The van der Waals surface area contributed by atoms with Gasteiger partial charge in [0.1, 0.15) is 9.84 Å². The summed E-state index contributed by atoms with van der Waals surface area (Å²) in [4.78, 5) is 17.6. The summed E-state index contributed by atoms with van der Waals surface area (Å²) in [6.07, 6.45) is 4.65. The van der Waals surface area contributed by atoms with Crippen LogP contribution >= 0.6 is 0 Å². The summed E-state index contributed by atoms with van der Waals surface area (Å²) < 4.78 is 23.1. The minimum absolute atomic E-state index is 0.0219. The normalized spacial score (nSPS) is 15.4. The van der Waals surface area contributed by atoms with Gasteiger partial charge < -0.3 is 11.1 Å². The Hall–Kier alpha value is -2.93. The van der Waals surface area contributed by atoms with E-state index in [0.29, 0.717) is 17.7 Å². The summed E-state index contributed by atoms with van der Waals surface area (Å²) in [5, 5.41) is 5.29. The summed E-state index contributed by atoms with van der Waals surface area (Å²) in [7, 11) is -3.10. The monoisotopic (exact) mass is 465 g/mol. The first-order chi connectivity index (χ1) is 15.4. The molecule has 0 spiro atoms. The fraction of sp³-hybridized carbons (Fsp3) is 0.385. The Morgan fingerprint density at radius 1 is 1.09 bits per heavy atom. The van der Waals surface area contributed by atoms with Crippen LogP contribution in [0.5, 0.6) is 0 Å². The molecule has 1 heterocycles. The lowest BCUT2D eigenvalue weighted by molar-refractivity contribution is 0.0930. The number of hydrogen-bond acceptors (Lipinski definition) is 5. The third-order valence-electron chi connectivity index (χ3n) is 6.33. The number of rotatable bonds is 6. The van der Waals surface area contributed by atoms with Crippen molar-refractivity contribution in [3.8, 4) is 0 Å². The van der Waals surface area contributed by atoms with Gasteiger partial charge in [-0.05, 0) is 64.8 Å². The second kappa shape index (κ2) is 8.13. The number of nitrogen functional groups attached to an aromatic ring is 1. The molecule has 1 aliphatic carbocycles. The van der Waals surface area contributed by atoms with Gasteiger partial charge in [0.2, 0.25) is 0 Å². The van der Waals surface area contributed by atoms with Crippen molar-refractivity contribution in [1.29, 1.82) is 0 Å². The van der Waals surface area contributed by atoms with E-state index in [1.807, 2.05) is 24.3 Å². The molecule has 0 unspecified atom stereocenters. The molecule has 3 N–H and O–H groups in total. The van der Waals surface area contributed by atoms with Crippen LogP contribution in [0.25, 0.3) is 10.8 Å². The van der Waals surface area contributed by atoms with Gasteiger partial charge >= 0.3 is 0 Å². The predicted octanol–water partition coefficient (Wildman–Crippen LogP) is 4.12. The number of pyridine rings is 1. The number of sulfone groups is 1. The van der Waals surface area contributed by atoms with Crippen molar-refractivity contribution in [2.24, 2.45) is 0 Å².